The molecule has 0 saturated carbocycles. The molecular formula is C11H14FN3O2. The topological polar surface area (TPSA) is 87.7 Å². The highest BCUT2D eigenvalue weighted by Crippen LogP contribution is 2.11. The van der Waals surface area contributed by atoms with E-state index in [2.05, 4.69) is 10.5 Å². The molecule has 1 aromatic carbocycles. The van der Waals surface area contributed by atoms with Crippen molar-refractivity contribution in [1.82, 2.24) is 5.32 Å². The molecule has 0 unspecified atom stereocenters. The molecule has 0 spiro atoms. The molecule has 6 heteroatoms. The summed E-state index contributed by atoms with van der Waals surface area (Å²) in [7, 11) is 0. The van der Waals surface area contributed by atoms with Crippen LogP contribution in [-0.4, -0.2) is 23.5 Å². The number of carbonyl (C=O) groups excluding carboxylic acids is 1. The summed E-state index contributed by atoms with van der Waals surface area (Å²) in [6.07, 6.45) is 0.204. The van der Waals surface area contributed by atoms with E-state index in [0.717, 1.165) is 0 Å². The zero-order chi connectivity index (χ0) is 12.8. The van der Waals surface area contributed by atoms with Gasteiger partial charge in [-0.05, 0) is 18.6 Å². The number of amidine groups is 1. The number of hydrogen-bond donors (Lipinski definition) is 3. The number of aryl methyl sites for hydroxylation is 1. The lowest BCUT2D eigenvalue weighted by Crippen LogP contribution is -2.28. The second kappa shape index (κ2) is 5.83. The third-order valence-corrected chi connectivity index (χ3v) is 2.23. The fraction of sp³-hybridized carbons (Fsp3) is 0.273. The standard InChI is InChI=1S/C11H14FN3O2/c1-7-3-2-4-8(10(7)12)11(16)14-6-5-9(13)15-17/h2-4,17H,5-6H2,1H3,(H2,13,15)(H,14,16). The Hall–Kier alpha value is -2.11. The van der Waals surface area contributed by atoms with Crippen LogP contribution in [0.15, 0.2) is 23.4 Å². The van der Waals surface area contributed by atoms with Crippen LogP contribution in [0.25, 0.3) is 0 Å². The average molecular weight is 239 g/mol. The molecule has 17 heavy (non-hydrogen) atoms. The molecule has 1 aromatic rings. The number of benzene rings is 1. The molecule has 92 valence electrons. The first-order valence-corrected chi connectivity index (χ1v) is 5.06. The Balaban J connectivity index is 2.62. The van der Waals surface area contributed by atoms with Crippen LogP contribution in [0, 0.1) is 12.7 Å². The molecule has 4 N–H and O–H groups in total. The van der Waals surface area contributed by atoms with Gasteiger partial charge in [0.1, 0.15) is 11.7 Å². The molecule has 0 aliphatic carbocycles. The monoisotopic (exact) mass is 239 g/mol. The van der Waals surface area contributed by atoms with Crippen LogP contribution in [0.1, 0.15) is 22.3 Å². The quantitative estimate of drug-likeness (QED) is 0.317. The van der Waals surface area contributed by atoms with E-state index in [4.69, 9.17) is 10.9 Å². The van der Waals surface area contributed by atoms with E-state index < -0.39 is 11.7 Å². The van der Waals surface area contributed by atoms with Crippen LogP contribution in [0.4, 0.5) is 4.39 Å². The third kappa shape index (κ3) is 3.44. The Kier molecular flexibility index (Phi) is 4.45. The summed E-state index contributed by atoms with van der Waals surface area (Å²) in [5.74, 6) is -1.04. The summed E-state index contributed by atoms with van der Waals surface area (Å²) >= 11 is 0. The average Bonchev–Trinajstić information content (AvgIpc) is 2.32. The van der Waals surface area contributed by atoms with Gasteiger partial charge < -0.3 is 16.3 Å². The zero-order valence-electron chi connectivity index (χ0n) is 9.40. The molecular weight excluding hydrogens is 225 g/mol. The van der Waals surface area contributed by atoms with Crippen molar-refractivity contribution in [3.8, 4) is 0 Å². The summed E-state index contributed by atoms with van der Waals surface area (Å²) in [6.45, 7) is 1.77. The summed E-state index contributed by atoms with van der Waals surface area (Å²) in [4.78, 5) is 11.6. The van der Waals surface area contributed by atoms with Gasteiger partial charge in [-0.15, -0.1) is 0 Å². The van der Waals surface area contributed by atoms with E-state index >= 15 is 0 Å². The lowest BCUT2D eigenvalue weighted by Gasteiger charge is -2.06. The van der Waals surface area contributed by atoms with Gasteiger partial charge >= 0.3 is 0 Å². The number of oxime groups is 1. The molecule has 0 bridgehead atoms. The number of rotatable bonds is 4. The fourth-order valence-electron chi connectivity index (χ4n) is 1.27. The largest absolute Gasteiger partial charge is 0.409 e. The Morgan fingerprint density at radius 3 is 2.94 bits per heavy atom. The van der Waals surface area contributed by atoms with Gasteiger partial charge in [0.15, 0.2) is 0 Å². The van der Waals surface area contributed by atoms with Crippen molar-refractivity contribution in [2.24, 2.45) is 10.9 Å². The number of amides is 1. The highest BCUT2D eigenvalue weighted by molar-refractivity contribution is 5.95. The third-order valence-electron chi connectivity index (χ3n) is 2.23. The molecule has 0 atom stereocenters. The first-order chi connectivity index (χ1) is 8.06. The SMILES string of the molecule is Cc1cccc(C(=O)NCC/C(N)=N/O)c1F. The molecule has 0 fully saturated rings. The van der Waals surface area contributed by atoms with Gasteiger partial charge in [-0.2, -0.15) is 0 Å². The molecule has 0 radical (unpaired) electrons. The fourth-order valence-corrected chi connectivity index (χ4v) is 1.27. The molecule has 1 rings (SSSR count). The van der Waals surface area contributed by atoms with Crippen molar-refractivity contribution in [2.45, 2.75) is 13.3 Å². The number of carbonyl (C=O) groups is 1. The smallest absolute Gasteiger partial charge is 0.254 e. The van der Waals surface area contributed by atoms with Crippen LogP contribution >= 0.6 is 0 Å². The second-order valence-electron chi connectivity index (χ2n) is 3.53. The van der Waals surface area contributed by atoms with Crippen LogP contribution in [0.2, 0.25) is 0 Å². The molecule has 0 aromatic heterocycles. The second-order valence-corrected chi connectivity index (χ2v) is 3.53. The van der Waals surface area contributed by atoms with Crippen molar-refractivity contribution < 1.29 is 14.4 Å². The Morgan fingerprint density at radius 1 is 1.59 bits per heavy atom. The molecule has 5 nitrogen and oxygen atoms in total. The predicted octanol–water partition coefficient (Wildman–Crippen LogP) is 1.00. The van der Waals surface area contributed by atoms with Crippen molar-refractivity contribution in [2.75, 3.05) is 6.54 Å². The maximum atomic E-state index is 13.6. The molecule has 0 aliphatic heterocycles. The van der Waals surface area contributed by atoms with Crippen LogP contribution in [0.5, 0.6) is 0 Å². The lowest BCUT2D eigenvalue weighted by molar-refractivity contribution is 0.0950. The Labute approximate surface area is 98.1 Å². The molecule has 1 amide bonds. The van der Waals surface area contributed by atoms with Gasteiger partial charge in [-0.25, -0.2) is 4.39 Å². The van der Waals surface area contributed by atoms with Crippen LogP contribution in [-0.2, 0) is 0 Å². The van der Waals surface area contributed by atoms with Gasteiger partial charge in [-0.3, -0.25) is 4.79 Å². The minimum absolute atomic E-state index is 0.00927. The molecule has 0 aliphatic rings. The summed E-state index contributed by atoms with van der Waals surface area (Å²) in [5, 5.41) is 13.5. The van der Waals surface area contributed by atoms with Crippen molar-refractivity contribution in [1.29, 1.82) is 0 Å². The van der Waals surface area contributed by atoms with Crippen molar-refractivity contribution in [3.05, 3.63) is 35.1 Å². The van der Waals surface area contributed by atoms with E-state index in [-0.39, 0.29) is 24.4 Å². The van der Waals surface area contributed by atoms with Crippen molar-refractivity contribution >= 4 is 11.7 Å². The maximum absolute atomic E-state index is 13.6. The van der Waals surface area contributed by atoms with E-state index in [1.165, 1.54) is 6.07 Å². The molecule has 0 heterocycles. The minimum atomic E-state index is -0.534. The number of halogens is 1. The number of nitrogens with two attached hydrogens (primary N) is 1. The first-order valence-electron chi connectivity index (χ1n) is 5.06. The van der Waals surface area contributed by atoms with E-state index in [1.54, 1.807) is 19.1 Å². The normalized spacial score (nSPS) is 11.3. The minimum Gasteiger partial charge on any atom is -0.409 e. The maximum Gasteiger partial charge on any atom is 0.254 e. The highest BCUT2D eigenvalue weighted by atomic mass is 19.1. The van der Waals surface area contributed by atoms with Gasteiger partial charge in [0.25, 0.3) is 5.91 Å². The van der Waals surface area contributed by atoms with Crippen LogP contribution < -0.4 is 11.1 Å². The molecule has 0 saturated heterocycles. The highest BCUT2D eigenvalue weighted by Gasteiger charge is 2.12. The van der Waals surface area contributed by atoms with Crippen LogP contribution in [0.3, 0.4) is 0 Å². The van der Waals surface area contributed by atoms with Gasteiger partial charge in [-0.1, -0.05) is 17.3 Å². The summed E-state index contributed by atoms with van der Waals surface area (Å²) in [5.41, 5.74) is 5.63. The lowest BCUT2D eigenvalue weighted by atomic mass is 10.1. The number of nitrogens with zero attached hydrogens (tertiary/aromatic N) is 1. The Bertz CT molecular complexity index is 446. The summed E-state index contributed by atoms with van der Waals surface area (Å²) in [6, 6.07) is 4.60. The van der Waals surface area contributed by atoms with E-state index in [0.29, 0.717) is 5.56 Å². The van der Waals surface area contributed by atoms with Gasteiger partial charge in [0.05, 0.1) is 5.56 Å². The predicted molar refractivity (Wildman–Crippen MR) is 61.5 cm³/mol. The van der Waals surface area contributed by atoms with Gasteiger partial charge in [0, 0.05) is 13.0 Å². The number of nitrogens with one attached hydrogen (secondary N) is 1. The Morgan fingerprint density at radius 2 is 2.29 bits per heavy atom. The first kappa shape index (κ1) is 13.0. The van der Waals surface area contributed by atoms with E-state index in [1.807, 2.05) is 0 Å². The number of hydrogen-bond acceptors (Lipinski definition) is 3. The summed E-state index contributed by atoms with van der Waals surface area (Å²) < 4.78 is 13.6. The zero-order valence-corrected chi connectivity index (χ0v) is 9.40. The van der Waals surface area contributed by atoms with Crippen molar-refractivity contribution in [3.63, 3.8) is 0 Å². The van der Waals surface area contributed by atoms with E-state index in [9.17, 15) is 9.18 Å². The van der Waals surface area contributed by atoms with Gasteiger partial charge in [0.2, 0.25) is 0 Å².